The Morgan fingerprint density at radius 2 is 1.91 bits per heavy atom. The van der Waals surface area contributed by atoms with Gasteiger partial charge in [-0.15, -0.1) is 11.3 Å². The lowest BCUT2D eigenvalue weighted by molar-refractivity contribution is -0.105. The van der Waals surface area contributed by atoms with Crippen molar-refractivity contribution in [3.63, 3.8) is 0 Å². The van der Waals surface area contributed by atoms with Crippen LogP contribution in [0.25, 0.3) is 16.5 Å². The van der Waals surface area contributed by atoms with E-state index in [2.05, 4.69) is 10.6 Å². The maximum absolute atomic E-state index is 14.0. The molecule has 10 nitrogen and oxygen atoms in total. The number of hydrogen-bond donors (Lipinski definition) is 4. The fourth-order valence-electron chi connectivity index (χ4n) is 3.36. The van der Waals surface area contributed by atoms with E-state index >= 15 is 0 Å². The Labute approximate surface area is 195 Å². The van der Waals surface area contributed by atoms with Crippen LogP contribution in [-0.4, -0.2) is 25.3 Å². The number of carbonyl (C=O) groups is 2. The van der Waals surface area contributed by atoms with Gasteiger partial charge < -0.3 is 16.4 Å². The Morgan fingerprint density at radius 1 is 1.15 bits per heavy atom. The number of aromatic nitrogens is 1. The minimum absolute atomic E-state index is 0.0324. The summed E-state index contributed by atoms with van der Waals surface area (Å²) in [6.45, 7) is 0. The van der Waals surface area contributed by atoms with Gasteiger partial charge >= 0.3 is 0 Å². The second kappa shape index (κ2) is 8.70. The molecule has 174 valence electrons. The first-order chi connectivity index (χ1) is 16.1. The third kappa shape index (κ3) is 4.26. The van der Waals surface area contributed by atoms with Gasteiger partial charge in [0.1, 0.15) is 5.82 Å². The molecular formula is C21H16FN5O5S2. The molecule has 13 heteroatoms. The molecule has 0 saturated carbocycles. The number of anilines is 3. The second-order valence-corrected chi connectivity index (χ2v) is 9.74. The predicted octanol–water partition coefficient (Wildman–Crippen LogP) is 2.24. The summed E-state index contributed by atoms with van der Waals surface area (Å²) in [6.07, 6.45) is 1.80. The Balaban J connectivity index is 1.87. The van der Waals surface area contributed by atoms with E-state index in [1.54, 1.807) is 0 Å². The molecule has 2 heterocycles. The molecule has 0 atom stereocenters. The van der Waals surface area contributed by atoms with Gasteiger partial charge in [-0.25, -0.2) is 17.9 Å². The number of primary sulfonamides is 1. The third-order valence-electron chi connectivity index (χ3n) is 4.88. The van der Waals surface area contributed by atoms with Crippen LogP contribution in [-0.2, 0) is 14.8 Å². The number of thiophene rings is 1. The molecule has 4 rings (SSSR count). The molecule has 0 radical (unpaired) electrons. The first-order valence-corrected chi connectivity index (χ1v) is 11.9. The van der Waals surface area contributed by atoms with Crippen LogP contribution in [0.15, 0.2) is 63.0 Å². The summed E-state index contributed by atoms with van der Waals surface area (Å²) >= 11 is 0.825. The van der Waals surface area contributed by atoms with E-state index in [1.807, 2.05) is 0 Å². The number of nitrogen functional groups attached to an aromatic ring is 1. The van der Waals surface area contributed by atoms with Crippen molar-refractivity contribution in [3.05, 3.63) is 75.8 Å². The van der Waals surface area contributed by atoms with E-state index in [1.165, 1.54) is 48.0 Å². The lowest BCUT2D eigenvalue weighted by atomic mass is 10.1. The monoisotopic (exact) mass is 501 g/mol. The van der Waals surface area contributed by atoms with Gasteiger partial charge in [-0.05, 0) is 53.2 Å². The highest BCUT2D eigenvalue weighted by Crippen LogP contribution is 2.28. The van der Waals surface area contributed by atoms with Gasteiger partial charge in [0.05, 0.1) is 28.0 Å². The first kappa shape index (κ1) is 23.1. The Kier molecular flexibility index (Phi) is 5.91. The fraction of sp³-hybridized carbons (Fsp3) is 0. The van der Waals surface area contributed by atoms with Crippen LogP contribution in [0.4, 0.5) is 21.5 Å². The number of benzene rings is 2. The highest BCUT2D eigenvalue weighted by atomic mass is 32.2. The van der Waals surface area contributed by atoms with E-state index < -0.39 is 27.3 Å². The minimum atomic E-state index is -4.09. The molecule has 0 aliphatic rings. The van der Waals surface area contributed by atoms with Crippen molar-refractivity contribution in [1.82, 2.24) is 4.57 Å². The van der Waals surface area contributed by atoms with Crippen molar-refractivity contribution >= 4 is 61.5 Å². The summed E-state index contributed by atoms with van der Waals surface area (Å²) < 4.78 is 38.5. The van der Waals surface area contributed by atoms with Crippen LogP contribution < -0.4 is 27.1 Å². The SMILES string of the molecule is Nc1cc2ccn(-c3ccc(NC=O)cc3C(=O)Nc3ccsc3S(N)(=O)=O)c(=O)c2cc1F. The summed E-state index contributed by atoms with van der Waals surface area (Å²) in [5.41, 5.74) is 5.07. The van der Waals surface area contributed by atoms with Gasteiger partial charge in [-0.1, -0.05) is 0 Å². The normalized spacial score (nSPS) is 11.4. The van der Waals surface area contributed by atoms with Crippen molar-refractivity contribution in [3.8, 4) is 5.69 Å². The van der Waals surface area contributed by atoms with Crippen molar-refractivity contribution in [1.29, 1.82) is 0 Å². The van der Waals surface area contributed by atoms with Gasteiger partial charge in [-0.3, -0.25) is 19.0 Å². The van der Waals surface area contributed by atoms with Crippen LogP contribution >= 0.6 is 11.3 Å². The standard InChI is InChI=1S/C21H16FN5O5S2/c22-15-9-13-11(7-16(15)23)3-5-27(20(13)30)18-2-1-12(25-10-28)8-14(18)19(29)26-17-4-6-33-21(17)34(24,31)32/h1-10H,23H2,(H,25,28)(H,26,29)(H2,24,31,32). The number of pyridine rings is 1. The van der Waals surface area contributed by atoms with Gasteiger partial charge in [0.25, 0.3) is 11.5 Å². The molecule has 4 aromatic rings. The zero-order valence-electron chi connectivity index (χ0n) is 17.1. The zero-order chi connectivity index (χ0) is 24.6. The van der Waals surface area contributed by atoms with Crippen LogP contribution in [0.1, 0.15) is 10.4 Å². The average molecular weight is 502 g/mol. The molecule has 0 aliphatic heterocycles. The molecule has 6 N–H and O–H groups in total. The van der Waals surface area contributed by atoms with Crippen LogP contribution in [0, 0.1) is 5.82 Å². The molecule has 0 aliphatic carbocycles. The summed E-state index contributed by atoms with van der Waals surface area (Å²) in [5.74, 6) is -1.54. The maximum atomic E-state index is 14.0. The number of carbonyl (C=O) groups excluding carboxylic acids is 2. The smallest absolute Gasteiger partial charge is 0.263 e. The molecule has 0 unspecified atom stereocenters. The van der Waals surface area contributed by atoms with E-state index in [-0.39, 0.29) is 37.9 Å². The average Bonchev–Trinajstić information content (AvgIpc) is 3.25. The highest BCUT2D eigenvalue weighted by Gasteiger charge is 2.21. The Bertz CT molecular complexity index is 1630. The van der Waals surface area contributed by atoms with Crippen molar-refractivity contribution in [2.24, 2.45) is 5.14 Å². The molecule has 2 aromatic heterocycles. The molecule has 0 saturated heterocycles. The Morgan fingerprint density at radius 3 is 2.62 bits per heavy atom. The van der Waals surface area contributed by atoms with E-state index in [4.69, 9.17) is 10.9 Å². The number of amides is 2. The van der Waals surface area contributed by atoms with Crippen LogP contribution in [0.5, 0.6) is 0 Å². The quantitative estimate of drug-likeness (QED) is 0.233. The van der Waals surface area contributed by atoms with Crippen molar-refractivity contribution < 1.29 is 22.4 Å². The van der Waals surface area contributed by atoms with Crippen LogP contribution in [0.3, 0.4) is 0 Å². The van der Waals surface area contributed by atoms with Gasteiger partial charge in [0.2, 0.25) is 16.4 Å². The lowest BCUT2D eigenvalue weighted by Crippen LogP contribution is -2.23. The zero-order valence-corrected chi connectivity index (χ0v) is 18.7. The molecule has 2 aromatic carbocycles. The van der Waals surface area contributed by atoms with E-state index in [0.29, 0.717) is 11.8 Å². The number of hydrogen-bond acceptors (Lipinski definition) is 7. The minimum Gasteiger partial charge on any atom is -0.396 e. The van der Waals surface area contributed by atoms with Crippen LogP contribution in [0.2, 0.25) is 0 Å². The molecule has 34 heavy (non-hydrogen) atoms. The highest BCUT2D eigenvalue weighted by molar-refractivity contribution is 7.91. The third-order valence-corrected chi connectivity index (χ3v) is 7.31. The topological polar surface area (TPSA) is 166 Å². The van der Waals surface area contributed by atoms with Gasteiger partial charge in [-0.2, -0.15) is 0 Å². The number of halogens is 1. The summed E-state index contributed by atoms with van der Waals surface area (Å²) in [7, 11) is -4.09. The fourth-order valence-corrected chi connectivity index (χ4v) is 5.06. The molecular weight excluding hydrogens is 485 g/mol. The van der Waals surface area contributed by atoms with Crippen molar-refractivity contribution in [2.45, 2.75) is 4.21 Å². The summed E-state index contributed by atoms with van der Waals surface area (Å²) in [6, 6.07) is 9.41. The lowest BCUT2D eigenvalue weighted by Gasteiger charge is -2.15. The molecule has 0 fully saturated rings. The summed E-state index contributed by atoms with van der Waals surface area (Å²) in [4.78, 5) is 37.2. The predicted molar refractivity (Wildman–Crippen MR) is 127 cm³/mol. The number of nitrogens with zero attached hydrogens (tertiary/aromatic N) is 1. The van der Waals surface area contributed by atoms with E-state index in [0.717, 1.165) is 22.0 Å². The number of rotatable bonds is 6. The number of nitrogens with two attached hydrogens (primary N) is 2. The molecule has 0 spiro atoms. The number of sulfonamides is 1. The maximum Gasteiger partial charge on any atom is 0.263 e. The Hall–Kier alpha value is -4.07. The van der Waals surface area contributed by atoms with Gasteiger partial charge in [0.15, 0.2) is 4.21 Å². The molecule has 2 amide bonds. The number of fused-ring (bicyclic) bond motifs is 1. The van der Waals surface area contributed by atoms with Crippen molar-refractivity contribution in [2.75, 3.05) is 16.4 Å². The second-order valence-electron chi connectivity index (χ2n) is 7.07. The summed E-state index contributed by atoms with van der Waals surface area (Å²) in [5, 5.41) is 11.9. The number of nitrogens with one attached hydrogen (secondary N) is 2. The first-order valence-electron chi connectivity index (χ1n) is 9.47. The largest absolute Gasteiger partial charge is 0.396 e. The molecule has 0 bridgehead atoms. The van der Waals surface area contributed by atoms with Gasteiger partial charge in [0, 0.05) is 11.9 Å². The van der Waals surface area contributed by atoms with E-state index in [9.17, 15) is 27.2 Å².